The summed E-state index contributed by atoms with van der Waals surface area (Å²) in [6.07, 6.45) is 3.58. The predicted molar refractivity (Wildman–Crippen MR) is 83.2 cm³/mol. The van der Waals surface area contributed by atoms with E-state index in [1.54, 1.807) is 18.1 Å². The van der Waals surface area contributed by atoms with Gasteiger partial charge >= 0.3 is 0 Å². The molecule has 0 spiro atoms. The SMILES string of the molecule is CN(C(=O)c1ccc(-c2cn[nH]c2)cc1)c1ccccc1. The molecule has 4 heteroatoms. The first-order valence-electron chi connectivity index (χ1n) is 6.68. The fraction of sp³-hybridized carbons (Fsp3) is 0.0588. The van der Waals surface area contributed by atoms with Crippen LogP contribution in [-0.4, -0.2) is 23.2 Å². The fourth-order valence-corrected chi connectivity index (χ4v) is 2.18. The van der Waals surface area contributed by atoms with Gasteiger partial charge in [0.1, 0.15) is 0 Å². The van der Waals surface area contributed by atoms with Crippen LogP contribution in [0.5, 0.6) is 0 Å². The first kappa shape index (κ1) is 13.1. The maximum absolute atomic E-state index is 12.5. The zero-order valence-electron chi connectivity index (χ0n) is 11.7. The summed E-state index contributed by atoms with van der Waals surface area (Å²) in [4.78, 5) is 14.1. The minimum absolute atomic E-state index is 0.0278. The van der Waals surface area contributed by atoms with Gasteiger partial charge in [-0.1, -0.05) is 30.3 Å². The summed E-state index contributed by atoms with van der Waals surface area (Å²) in [5, 5.41) is 6.70. The maximum Gasteiger partial charge on any atom is 0.258 e. The Kier molecular flexibility index (Phi) is 3.51. The second-order valence-electron chi connectivity index (χ2n) is 4.76. The molecule has 1 aromatic heterocycles. The average Bonchev–Trinajstić information content (AvgIpc) is 3.09. The molecular weight excluding hydrogens is 262 g/mol. The minimum Gasteiger partial charge on any atom is -0.311 e. The van der Waals surface area contributed by atoms with Gasteiger partial charge in [0.2, 0.25) is 0 Å². The molecule has 0 aliphatic heterocycles. The molecule has 0 radical (unpaired) electrons. The van der Waals surface area contributed by atoms with E-state index in [0.29, 0.717) is 5.56 Å². The molecule has 0 fully saturated rings. The molecule has 0 unspecified atom stereocenters. The standard InChI is InChI=1S/C17H15N3O/c1-20(16-5-3-2-4-6-16)17(21)14-9-7-13(8-10-14)15-11-18-19-12-15/h2-12H,1H3,(H,18,19). The lowest BCUT2D eigenvalue weighted by Crippen LogP contribution is -2.25. The van der Waals surface area contributed by atoms with Crippen LogP contribution in [0.15, 0.2) is 67.0 Å². The van der Waals surface area contributed by atoms with Crippen LogP contribution in [0.4, 0.5) is 5.69 Å². The van der Waals surface area contributed by atoms with Gasteiger partial charge in [-0.2, -0.15) is 5.10 Å². The lowest BCUT2D eigenvalue weighted by molar-refractivity contribution is 0.0993. The number of carbonyl (C=O) groups is 1. The zero-order chi connectivity index (χ0) is 14.7. The van der Waals surface area contributed by atoms with Crippen molar-refractivity contribution >= 4 is 11.6 Å². The third kappa shape index (κ3) is 2.69. The summed E-state index contributed by atoms with van der Waals surface area (Å²) in [5.41, 5.74) is 3.57. The molecule has 1 N–H and O–H groups in total. The molecule has 104 valence electrons. The van der Waals surface area contributed by atoms with Crippen LogP contribution < -0.4 is 4.90 Å². The third-order valence-corrected chi connectivity index (χ3v) is 3.41. The molecule has 0 saturated heterocycles. The normalized spacial score (nSPS) is 10.3. The van der Waals surface area contributed by atoms with Crippen molar-refractivity contribution in [3.63, 3.8) is 0 Å². The van der Waals surface area contributed by atoms with E-state index in [0.717, 1.165) is 16.8 Å². The highest BCUT2D eigenvalue weighted by Gasteiger charge is 2.13. The zero-order valence-corrected chi connectivity index (χ0v) is 11.7. The number of aromatic nitrogens is 2. The van der Waals surface area contributed by atoms with Crippen molar-refractivity contribution in [1.29, 1.82) is 0 Å². The predicted octanol–water partition coefficient (Wildman–Crippen LogP) is 3.35. The molecule has 3 rings (SSSR count). The first-order valence-corrected chi connectivity index (χ1v) is 6.68. The van der Waals surface area contributed by atoms with Gasteiger partial charge in [-0.25, -0.2) is 0 Å². The van der Waals surface area contributed by atoms with E-state index in [-0.39, 0.29) is 5.91 Å². The van der Waals surface area contributed by atoms with Gasteiger partial charge in [0.05, 0.1) is 6.20 Å². The second-order valence-corrected chi connectivity index (χ2v) is 4.76. The van der Waals surface area contributed by atoms with Crippen LogP contribution in [0.25, 0.3) is 11.1 Å². The number of rotatable bonds is 3. The number of amides is 1. The summed E-state index contributed by atoms with van der Waals surface area (Å²) in [5.74, 6) is -0.0278. The van der Waals surface area contributed by atoms with E-state index in [4.69, 9.17) is 0 Å². The number of nitrogens with one attached hydrogen (secondary N) is 1. The molecule has 0 saturated carbocycles. The van der Waals surface area contributed by atoms with Crippen LogP contribution in [0.3, 0.4) is 0 Å². The number of para-hydroxylation sites is 1. The molecule has 1 amide bonds. The summed E-state index contributed by atoms with van der Waals surface area (Å²) >= 11 is 0. The molecule has 21 heavy (non-hydrogen) atoms. The highest BCUT2D eigenvalue weighted by atomic mass is 16.2. The molecular formula is C17H15N3O. The van der Waals surface area contributed by atoms with Crippen LogP contribution in [0.1, 0.15) is 10.4 Å². The molecule has 0 aliphatic carbocycles. The third-order valence-electron chi connectivity index (χ3n) is 3.41. The van der Waals surface area contributed by atoms with Gasteiger partial charge in [0.25, 0.3) is 5.91 Å². The Balaban J connectivity index is 1.82. The van der Waals surface area contributed by atoms with Gasteiger partial charge in [0.15, 0.2) is 0 Å². The monoisotopic (exact) mass is 277 g/mol. The lowest BCUT2D eigenvalue weighted by Gasteiger charge is -2.17. The smallest absolute Gasteiger partial charge is 0.258 e. The van der Waals surface area contributed by atoms with Crippen molar-refractivity contribution in [2.75, 3.05) is 11.9 Å². The maximum atomic E-state index is 12.5. The summed E-state index contributed by atoms with van der Waals surface area (Å²) < 4.78 is 0. The number of aromatic amines is 1. The van der Waals surface area contributed by atoms with E-state index in [2.05, 4.69) is 10.2 Å². The van der Waals surface area contributed by atoms with Gasteiger partial charge in [0, 0.05) is 30.1 Å². The largest absolute Gasteiger partial charge is 0.311 e. The molecule has 0 atom stereocenters. The van der Waals surface area contributed by atoms with Crippen LogP contribution in [0.2, 0.25) is 0 Å². The Hall–Kier alpha value is -2.88. The quantitative estimate of drug-likeness (QED) is 0.798. The molecule has 0 bridgehead atoms. The number of nitrogens with zero attached hydrogens (tertiary/aromatic N) is 2. The van der Waals surface area contributed by atoms with E-state index in [1.807, 2.05) is 60.8 Å². The molecule has 1 heterocycles. The number of hydrogen-bond donors (Lipinski definition) is 1. The van der Waals surface area contributed by atoms with Gasteiger partial charge in [-0.05, 0) is 29.8 Å². The van der Waals surface area contributed by atoms with Gasteiger partial charge in [-0.15, -0.1) is 0 Å². The number of benzene rings is 2. The van der Waals surface area contributed by atoms with E-state index < -0.39 is 0 Å². The van der Waals surface area contributed by atoms with E-state index >= 15 is 0 Å². The van der Waals surface area contributed by atoms with Crippen molar-refractivity contribution < 1.29 is 4.79 Å². The van der Waals surface area contributed by atoms with Crippen LogP contribution in [-0.2, 0) is 0 Å². The number of hydrogen-bond acceptors (Lipinski definition) is 2. The average molecular weight is 277 g/mol. The second kappa shape index (κ2) is 5.63. The van der Waals surface area contributed by atoms with Gasteiger partial charge in [-0.3, -0.25) is 9.89 Å². The molecule has 0 aliphatic rings. The highest BCUT2D eigenvalue weighted by Crippen LogP contribution is 2.20. The Labute approximate surface area is 123 Å². The minimum atomic E-state index is -0.0278. The molecule has 4 nitrogen and oxygen atoms in total. The van der Waals surface area contributed by atoms with E-state index in [9.17, 15) is 4.79 Å². The number of carbonyl (C=O) groups excluding carboxylic acids is 1. The van der Waals surface area contributed by atoms with E-state index in [1.165, 1.54) is 0 Å². The van der Waals surface area contributed by atoms with Crippen molar-refractivity contribution in [3.05, 3.63) is 72.6 Å². The Morgan fingerprint density at radius 1 is 1.00 bits per heavy atom. The van der Waals surface area contributed by atoms with Gasteiger partial charge < -0.3 is 4.90 Å². The Morgan fingerprint density at radius 3 is 2.33 bits per heavy atom. The van der Waals surface area contributed by atoms with Crippen molar-refractivity contribution in [1.82, 2.24) is 10.2 Å². The number of anilines is 1. The summed E-state index contributed by atoms with van der Waals surface area (Å²) in [6, 6.07) is 17.1. The van der Waals surface area contributed by atoms with Crippen molar-refractivity contribution in [2.24, 2.45) is 0 Å². The lowest BCUT2D eigenvalue weighted by atomic mass is 10.1. The molecule has 3 aromatic rings. The topological polar surface area (TPSA) is 49.0 Å². The fourth-order valence-electron chi connectivity index (χ4n) is 2.18. The number of H-pyrrole nitrogens is 1. The Morgan fingerprint density at radius 2 is 1.71 bits per heavy atom. The first-order chi connectivity index (χ1) is 10.3. The molecule has 2 aromatic carbocycles. The Bertz CT molecular complexity index is 718. The van der Waals surface area contributed by atoms with Crippen molar-refractivity contribution in [3.8, 4) is 11.1 Å². The van der Waals surface area contributed by atoms with Crippen LogP contribution in [0, 0.1) is 0 Å². The van der Waals surface area contributed by atoms with Crippen LogP contribution >= 0.6 is 0 Å². The summed E-state index contributed by atoms with van der Waals surface area (Å²) in [6.45, 7) is 0. The highest BCUT2D eigenvalue weighted by molar-refractivity contribution is 6.05. The van der Waals surface area contributed by atoms with Crippen molar-refractivity contribution in [2.45, 2.75) is 0 Å². The summed E-state index contributed by atoms with van der Waals surface area (Å²) in [7, 11) is 1.78.